The summed E-state index contributed by atoms with van der Waals surface area (Å²) in [6.45, 7) is 7.87. The van der Waals surface area contributed by atoms with Gasteiger partial charge in [0.2, 0.25) is 11.8 Å². The molecular formula is C28H32N4O2. The Morgan fingerprint density at radius 2 is 1.79 bits per heavy atom. The fraction of sp³-hybridized carbons (Fsp3) is 0.321. The van der Waals surface area contributed by atoms with Gasteiger partial charge in [0.05, 0.1) is 18.2 Å². The van der Waals surface area contributed by atoms with Gasteiger partial charge < -0.3 is 10.2 Å². The standard InChI is InChI=1S/C28H32N4O2/c1-20-11-13-23(14-12-20)18-32-22(3)26(21(2)30-32)15-16-27(33)31-17-7-8-24(19-31)28(34)29-25-9-5-4-6-10-25/h4-6,9-16,24H,7-8,17-19H2,1-3H3,(H,29,34)/b16-15+/t24-/m0/s1. The number of piperidine rings is 1. The predicted octanol–water partition coefficient (Wildman–Crippen LogP) is 4.75. The monoisotopic (exact) mass is 456 g/mol. The van der Waals surface area contributed by atoms with Crippen LogP contribution in [0.5, 0.6) is 0 Å². The lowest BCUT2D eigenvalue weighted by atomic mass is 9.97. The summed E-state index contributed by atoms with van der Waals surface area (Å²) in [7, 11) is 0. The summed E-state index contributed by atoms with van der Waals surface area (Å²) in [6, 6.07) is 17.9. The third-order valence-electron chi connectivity index (χ3n) is 6.43. The Morgan fingerprint density at radius 3 is 2.53 bits per heavy atom. The molecule has 2 amide bonds. The molecule has 0 spiro atoms. The summed E-state index contributed by atoms with van der Waals surface area (Å²) in [5.41, 5.74) is 6.10. The van der Waals surface area contributed by atoms with Gasteiger partial charge in [0.25, 0.3) is 0 Å². The Bertz CT molecular complexity index is 1180. The Morgan fingerprint density at radius 1 is 1.06 bits per heavy atom. The van der Waals surface area contributed by atoms with Crippen LogP contribution in [-0.2, 0) is 16.1 Å². The number of para-hydroxylation sites is 1. The quantitative estimate of drug-likeness (QED) is 0.545. The Labute approximate surface area is 201 Å². The van der Waals surface area contributed by atoms with Gasteiger partial charge in [-0.15, -0.1) is 0 Å². The Balaban J connectivity index is 1.39. The van der Waals surface area contributed by atoms with Gasteiger partial charge >= 0.3 is 0 Å². The highest BCUT2D eigenvalue weighted by atomic mass is 16.2. The van der Waals surface area contributed by atoms with Crippen LogP contribution in [-0.4, -0.2) is 39.6 Å². The number of nitrogens with zero attached hydrogens (tertiary/aromatic N) is 3. The van der Waals surface area contributed by atoms with Crippen LogP contribution in [0.15, 0.2) is 60.7 Å². The lowest BCUT2D eigenvalue weighted by molar-refractivity contribution is -0.130. The van der Waals surface area contributed by atoms with Crippen molar-refractivity contribution in [2.45, 2.75) is 40.2 Å². The first-order valence-corrected chi connectivity index (χ1v) is 11.8. The Kier molecular flexibility index (Phi) is 7.26. The predicted molar refractivity (Wildman–Crippen MR) is 135 cm³/mol. The average molecular weight is 457 g/mol. The van der Waals surface area contributed by atoms with Crippen molar-refractivity contribution in [1.29, 1.82) is 0 Å². The minimum absolute atomic E-state index is 0.0308. The van der Waals surface area contributed by atoms with Gasteiger partial charge in [-0.05, 0) is 57.4 Å². The molecule has 0 unspecified atom stereocenters. The second-order valence-corrected chi connectivity index (χ2v) is 9.04. The lowest BCUT2D eigenvalue weighted by Crippen LogP contribution is -2.43. The number of carbonyl (C=O) groups excluding carboxylic acids is 2. The molecule has 176 valence electrons. The van der Waals surface area contributed by atoms with Crippen molar-refractivity contribution in [3.8, 4) is 0 Å². The topological polar surface area (TPSA) is 67.2 Å². The van der Waals surface area contributed by atoms with Gasteiger partial charge in [0, 0.05) is 36.1 Å². The van der Waals surface area contributed by atoms with Crippen LogP contribution in [0.2, 0.25) is 0 Å². The molecule has 3 aromatic rings. The number of aromatic nitrogens is 2. The Hall–Kier alpha value is -3.67. The second-order valence-electron chi connectivity index (χ2n) is 9.04. The number of amides is 2. The number of likely N-dealkylation sites (tertiary alicyclic amines) is 1. The van der Waals surface area contributed by atoms with E-state index in [2.05, 4.69) is 41.6 Å². The molecule has 6 heteroatoms. The van der Waals surface area contributed by atoms with Crippen molar-refractivity contribution in [2.75, 3.05) is 18.4 Å². The molecule has 0 bridgehead atoms. The van der Waals surface area contributed by atoms with Crippen LogP contribution in [0.4, 0.5) is 5.69 Å². The van der Waals surface area contributed by atoms with Crippen LogP contribution in [0, 0.1) is 26.7 Å². The van der Waals surface area contributed by atoms with Gasteiger partial charge in [-0.25, -0.2) is 0 Å². The second kappa shape index (κ2) is 10.5. The summed E-state index contributed by atoms with van der Waals surface area (Å²) in [5.74, 6) is -0.300. The van der Waals surface area contributed by atoms with Gasteiger partial charge in [-0.3, -0.25) is 14.3 Å². The average Bonchev–Trinajstić information content (AvgIpc) is 3.11. The summed E-state index contributed by atoms with van der Waals surface area (Å²) >= 11 is 0. The highest BCUT2D eigenvalue weighted by Crippen LogP contribution is 2.21. The van der Waals surface area contributed by atoms with Crippen LogP contribution in [0.25, 0.3) is 6.08 Å². The molecule has 4 rings (SSSR count). The van der Waals surface area contributed by atoms with E-state index in [0.717, 1.165) is 35.5 Å². The number of aryl methyl sites for hydroxylation is 2. The molecule has 0 radical (unpaired) electrons. The number of rotatable bonds is 6. The van der Waals surface area contributed by atoms with Gasteiger partial charge in [-0.1, -0.05) is 48.0 Å². The largest absolute Gasteiger partial charge is 0.338 e. The van der Waals surface area contributed by atoms with E-state index in [9.17, 15) is 9.59 Å². The van der Waals surface area contributed by atoms with Gasteiger partial charge in [-0.2, -0.15) is 5.10 Å². The van der Waals surface area contributed by atoms with Crippen molar-refractivity contribution in [1.82, 2.24) is 14.7 Å². The molecule has 1 fully saturated rings. The zero-order valence-corrected chi connectivity index (χ0v) is 20.1. The number of nitrogens with one attached hydrogen (secondary N) is 1. The van der Waals surface area contributed by atoms with E-state index >= 15 is 0 Å². The highest BCUT2D eigenvalue weighted by Gasteiger charge is 2.27. The molecule has 1 saturated heterocycles. The van der Waals surface area contributed by atoms with E-state index in [1.807, 2.05) is 54.9 Å². The molecule has 1 aromatic heterocycles. The first-order chi connectivity index (χ1) is 16.4. The van der Waals surface area contributed by atoms with Crippen LogP contribution in [0.1, 0.15) is 40.9 Å². The number of carbonyl (C=O) groups is 2. The van der Waals surface area contributed by atoms with E-state index in [0.29, 0.717) is 19.6 Å². The first kappa shape index (κ1) is 23.5. The molecule has 6 nitrogen and oxygen atoms in total. The van der Waals surface area contributed by atoms with Crippen LogP contribution in [0.3, 0.4) is 0 Å². The third-order valence-corrected chi connectivity index (χ3v) is 6.43. The third kappa shape index (κ3) is 5.63. The lowest BCUT2D eigenvalue weighted by Gasteiger charge is -2.31. The molecule has 0 aliphatic carbocycles. The number of hydrogen-bond acceptors (Lipinski definition) is 3. The minimum Gasteiger partial charge on any atom is -0.338 e. The van der Waals surface area contributed by atoms with E-state index in [1.54, 1.807) is 11.0 Å². The van der Waals surface area contributed by atoms with Crippen LogP contribution >= 0.6 is 0 Å². The maximum Gasteiger partial charge on any atom is 0.246 e. The van der Waals surface area contributed by atoms with Gasteiger partial charge in [0.15, 0.2) is 0 Å². The van der Waals surface area contributed by atoms with Crippen molar-refractivity contribution < 1.29 is 9.59 Å². The molecule has 1 N–H and O–H groups in total. The number of anilines is 1. The summed E-state index contributed by atoms with van der Waals surface area (Å²) in [4.78, 5) is 27.4. The molecule has 34 heavy (non-hydrogen) atoms. The van der Waals surface area contributed by atoms with Crippen molar-refractivity contribution in [3.63, 3.8) is 0 Å². The smallest absolute Gasteiger partial charge is 0.246 e. The molecule has 1 aliphatic rings. The zero-order chi connectivity index (χ0) is 24.1. The van der Waals surface area contributed by atoms with E-state index in [4.69, 9.17) is 0 Å². The highest BCUT2D eigenvalue weighted by molar-refractivity contribution is 5.95. The van der Waals surface area contributed by atoms with Crippen molar-refractivity contribution >= 4 is 23.6 Å². The first-order valence-electron chi connectivity index (χ1n) is 11.8. The number of hydrogen-bond donors (Lipinski definition) is 1. The van der Waals surface area contributed by atoms with E-state index in [-0.39, 0.29) is 17.7 Å². The summed E-state index contributed by atoms with van der Waals surface area (Å²) < 4.78 is 1.98. The molecule has 2 heterocycles. The zero-order valence-electron chi connectivity index (χ0n) is 20.1. The molecule has 1 aliphatic heterocycles. The number of benzene rings is 2. The normalized spacial score (nSPS) is 16.1. The SMILES string of the molecule is Cc1ccc(Cn2nc(C)c(/C=C/C(=O)N3CCC[C@H](C(=O)Nc4ccccc4)C3)c2C)cc1. The van der Waals surface area contributed by atoms with Crippen molar-refractivity contribution in [3.05, 3.63) is 88.8 Å². The van der Waals surface area contributed by atoms with Gasteiger partial charge in [0.1, 0.15) is 0 Å². The fourth-order valence-corrected chi connectivity index (χ4v) is 4.39. The van der Waals surface area contributed by atoms with Crippen LogP contribution < -0.4 is 5.32 Å². The summed E-state index contributed by atoms with van der Waals surface area (Å²) in [5, 5.41) is 7.64. The molecule has 1 atom stereocenters. The fourth-order valence-electron chi connectivity index (χ4n) is 4.39. The van der Waals surface area contributed by atoms with E-state index < -0.39 is 0 Å². The minimum atomic E-state index is -0.202. The van der Waals surface area contributed by atoms with Crippen molar-refractivity contribution in [2.24, 2.45) is 5.92 Å². The maximum atomic E-state index is 12.9. The molecule has 2 aromatic carbocycles. The molecular weight excluding hydrogens is 424 g/mol. The maximum absolute atomic E-state index is 12.9. The molecule has 0 saturated carbocycles. The van der Waals surface area contributed by atoms with E-state index in [1.165, 1.54) is 11.1 Å². The summed E-state index contributed by atoms with van der Waals surface area (Å²) in [6.07, 6.45) is 5.08.